The Hall–Kier alpha value is -1.69. The first kappa shape index (κ1) is 18.4. The molecule has 0 bridgehead atoms. The number of terminal acetylenes is 2. The minimum Gasteiger partial charge on any atom is -0.444 e. The molecule has 1 rings (SSSR count). The van der Waals surface area contributed by atoms with Gasteiger partial charge in [-0.2, -0.15) is 0 Å². The molecule has 0 atom stereocenters. The van der Waals surface area contributed by atoms with E-state index in [4.69, 9.17) is 17.6 Å². The van der Waals surface area contributed by atoms with Crippen LogP contribution in [-0.4, -0.2) is 78.8 Å². The highest BCUT2D eigenvalue weighted by Crippen LogP contribution is 2.11. The predicted octanol–water partition coefficient (Wildman–Crippen LogP) is 1.11. The van der Waals surface area contributed by atoms with Crippen LogP contribution in [0.5, 0.6) is 0 Å². The lowest BCUT2D eigenvalue weighted by molar-refractivity contribution is 0.0234. The number of carbonyl (C=O) groups excluding carboxylic acids is 1. The number of carbonyl (C=O) groups is 1. The van der Waals surface area contributed by atoms with Gasteiger partial charge in [-0.3, -0.25) is 9.80 Å². The topological polar surface area (TPSA) is 36.0 Å². The van der Waals surface area contributed by atoms with Crippen LogP contribution < -0.4 is 0 Å². The molecule has 0 unspecified atom stereocenters. The van der Waals surface area contributed by atoms with Crippen molar-refractivity contribution in [2.75, 3.05) is 52.4 Å². The lowest BCUT2D eigenvalue weighted by atomic mass is 10.2. The Morgan fingerprint density at radius 2 is 1.36 bits per heavy atom. The normalized spacial score (nSPS) is 18.5. The van der Waals surface area contributed by atoms with Crippen LogP contribution >= 0.6 is 0 Å². The maximum absolute atomic E-state index is 12.3. The molecule has 5 heteroatoms. The van der Waals surface area contributed by atoms with Crippen LogP contribution in [0.15, 0.2) is 0 Å². The van der Waals surface area contributed by atoms with Crippen molar-refractivity contribution in [1.82, 2.24) is 14.7 Å². The van der Waals surface area contributed by atoms with E-state index in [0.29, 0.717) is 26.2 Å². The number of ether oxygens (including phenoxy) is 1. The standard InChI is InChI=1S/C17H27N3O2/c1-6-8-18-10-11-19(9-7-2)13-15-20(14-12-18)16(21)22-17(3,4)5/h1-2H,8-15H2,3-5H3. The van der Waals surface area contributed by atoms with Gasteiger partial charge in [-0.05, 0) is 20.8 Å². The Labute approximate surface area is 134 Å². The average Bonchev–Trinajstić information content (AvgIpc) is 2.50. The lowest BCUT2D eigenvalue weighted by Crippen LogP contribution is -2.43. The first-order chi connectivity index (χ1) is 10.4. The van der Waals surface area contributed by atoms with E-state index in [-0.39, 0.29) is 6.09 Å². The summed E-state index contributed by atoms with van der Waals surface area (Å²) >= 11 is 0. The van der Waals surface area contributed by atoms with Crippen LogP contribution in [0.1, 0.15) is 20.8 Å². The largest absolute Gasteiger partial charge is 0.444 e. The summed E-state index contributed by atoms with van der Waals surface area (Å²) in [5.41, 5.74) is -0.494. The Morgan fingerprint density at radius 1 is 0.955 bits per heavy atom. The Morgan fingerprint density at radius 3 is 1.73 bits per heavy atom. The minimum atomic E-state index is -0.494. The van der Waals surface area contributed by atoms with Crippen LogP contribution in [0.3, 0.4) is 0 Å². The Kier molecular flexibility index (Phi) is 7.24. The highest BCUT2D eigenvalue weighted by atomic mass is 16.6. The molecular weight excluding hydrogens is 278 g/mol. The predicted molar refractivity (Wildman–Crippen MR) is 88.4 cm³/mol. The molecule has 0 saturated carbocycles. The van der Waals surface area contributed by atoms with E-state index in [0.717, 1.165) is 26.2 Å². The van der Waals surface area contributed by atoms with Crippen molar-refractivity contribution in [3.8, 4) is 24.7 Å². The summed E-state index contributed by atoms with van der Waals surface area (Å²) in [5.74, 6) is 5.34. The van der Waals surface area contributed by atoms with Crippen LogP contribution in [0.2, 0.25) is 0 Å². The number of nitrogens with zero attached hydrogens (tertiary/aromatic N) is 3. The lowest BCUT2D eigenvalue weighted by Gasteiger charge is -2.28. The Balaban J connectivity index is 2.74. The second kappa shape index (κ2) is 8.68. The second-order valence-electron chi connectivity index (χ2n) is 6.43. The number of hydrogen-bond donors (Lipinski definition) is 0. The van der Waals surface area contributed by atoms with E-state index in [1.807, 2.05) is 20.8 Å². The monoisotopic (exact) mass is 305 g/mol. The summed E-state index contributed by atoms with van der Waals surface area (Å²) < 4.78 is 5.47. The number of hydrogen-bond acceptors (Lipinski definition) is 4. The summed E-state index contributed by atoms with van der Waals surface area (Å²) in [6.45, 7) is 11.2. The minimum absolute atomic E-state index is 0.282. The smallest absolute Gasteiger partial charge is 0.410 e. The summed E-state index contributed by atoms with van der Waals surface area (Å²) in [6, 6.07) is 0. The molecule has 0 aromatic carbocycles. The zero-order valence-corrected chi connectivity index (χ0v) is 14.0. The zero-order chi connectivity index (χ0) is 16.6. The molecule has 1 fully saturated rings. The molecule has 1 saturated heterocycles. The van der Waals surface area contributed by atoms with Gasteiger partial charge in [-0.25, -0.2) is 4.79 Å². The molecular formula is C17H27N3O2. The van der Waals surface area contributed by atoms with E-state index in [1.165, 1.54) is 0 Å². The maximum Gasteiger partial charge on any atom is 0.410 e. The van der Waals surface area contributed by atoms with Gasteiger partial charge >= 0.3 is 6.09 Å². The Bertz CT molecular complexity index is 414. The van der Waals surface area contributed by atoms with Crippen molar-refractivity contribution < 1.29 is 9.53 Å². The number of amides is 1. The zero-order valence-electron chi connectivity index (χ0n) is 14.0. The third-order valence-corrected chi connectivity index (χ3v) is 3.39. The van der Waals surface area contributed by atoms with Crippen LogP contribution in [-0.2, 0) is 4.74 Å². The third-order valence-electron chi connectivity index (χ3n) is 3.39. The quantitative estimate of drug-likeness (QED) is 0.716. The van der Waals surface area contributed by atoms with E-state index in [2.05, 4.69) is 21.6 Å². The second-order valence-corrected chi connectivity index (χ2v) is 6.43. The van der Waals surface area contributed by atoms with Crippen molar-refractivity contribution in [2.45, 2.75) is 26.4 Å². The van der Waals surface area contributed by atoms with Crippen LogP contribution in [0, 0.1) is 24.7 Å². The van der Waals surface area contributed by atoms with Gasteiger partial charge in [0.15, 0.2) is 0 Å². The molecule has 0 radical (unpaired) electrons. The highest BCUT2D eigenvalue weighted by molar-refractivity contribution is 5.68. The highest BCUT2D eigenvalue weighted by Gasteiger charge is 2.24. The van der Waals surface area contributed by atoms with Gasteiger partial charge in [0.1, 0.15) is 5.60 Å². The molecule has 0 N–H and O–H groups in total. The molecule has 1 amide bonds. The number of rotatable bonds is 2. The SMILES string of the molecule is C#CCN1CCN(CC#C)CCN(C(=O)OC(C)(C)C)CC1. The molecule has 22 heavy (non-hydrogen) atoms. The summed E-state index contributed by atoms with van der Waals surface area (Å²) in [5, 5.41) is 0. The van der Waals surface area contributed by atoms with Gasteiger partial charge in [0, 0.05) is 39.3 Å². The molecule has 0 aliphatic carbocycles. The molecule has 0 aromatic heterocycles. The van der Waals surface area contributed by atoms with Crippen LogP contribution in [0.25, 0.3) is 0 Å². The summed E-state index contributed by atoms with van der Waals surface area (Å²) in [7, 11) is 0. The van der Waals surface area contributed by atoms with Crippen molar-refractivity contribution in [3.63, 3.8) is 0 Å². The molecule has 0 spiro atoms. The summed E-state index contributed by atoms with van der Waals surface area (Å²) in [6.07, 6.45) is 10.6. The molecule has 5 nitrogen and oxygen atoms in total. The van der Waals surface area contributed by atoms with Gasteiger partial charge in [-0.15, -0.1) is 12.8 Å². The fraction of sp³-hybridized carbons (Fsp3) is 0.706. The van der Waals surface area contributed by atoms with E-state index < -0.39 is 5.60 Å². The summed E-state index contributed by atoms with van der Waals surface area (Å²) in [4.78, 5) is 18.4. The van der Waals surface area contributed by atoms with Crippen molar-refractivity contribution >= 4 is 6.09 Å². The van der Waals surface area contributed by atoms with Crippen molar-refractivity contribution in [2.24, 2.45) is 0 Å². The maximum atomic E-state index is 12.3. The molecule has 0 aromatic rings. The van der Waals surface area contributed by atoms with Crippen molar-refractivity contribution in [1.29, 1.82) is 0 Å². The first-order valence-electron chi connectivity index (χ1n) is 7.65. The van der Waals surface area contributed by atoms with Gasteiger partial charge in [0.2, 0.25) is 0 Å². The average molecular weight is 305 g/mol. The van der Waals surface area contributed by atoms with Crippen LogP contribution in [0.4, 0.5) is 4.79 Å². The van der Waals surface area contributed by atoms with Gasteiger partial charge in [0.05, 0.1) is 13.1 Å². The van der Waals surface area contributed by atoms with E-state index in [1.54, 1.807) is 4.90 Å². The van der Waals surface area contributed by atoms with Gasteiger partial charge in [-0.1, -0.05) is 11.8 Å². The first-order valence-corrected chi connectivity index (χ1v) is 7.65. The van der Waals surface area contributed by atoms with E-state index in [9.17, 15) is 4.79 Å². The molecule has 1 heterocycles. The molecule has 1 aliphatic rings. The van der Waals surface area contributed by atoms with Gasteiger partial charge in [0.25, 0.3) is 0 Å². The third kappa shape index (κ3) is 6.85. The molecule has 122 valence electrons. The fourth-order valence-corrected chi connectivity index (χ4v) is 2.23. The van der Waals surface area contributed by atoms with Crippen molar-refractivity contribution in [3.05, 3.63) is 0 Å². The molecule has 1 aliphatic heterocycles. The fourth-order valence-electron chi connectivity index (χ4n) is 2.23. The van der Waals surface area contributed by atoms with E-state index >= 15 is 0 Å². The van der Waals surface area contributed by atoms with Gasteiger partial charge < -0.3 is 9.64 Å².